The van der Waals surface area contributed by atoms with Crippen LogP contribution in [-0.4, -0.2) is 22.6 Å². The molecule has 0 saturated carbocycles. The molecule has 0 saturated heterocycles. The first-order valence-corrected chi connectivity index (χ1v) is 7.96. The third-order valence-electron chi connectivity index (χ3n) is 2.24. The van der Waals surface area contributed by atoms with E-state index in [0.717, 1.165) is 4.88 Å². The average Bonchev–Trinajstić information content (AvgIpc) is 2.70. The molecule has 9 heteroatoms. The number of esters is 1. The Morgan fingerprint density at radius 3 is 2.48 bits per heavy atom. The topological polar surface area (TPSA) is 64.6 Å². The minimum atomic E-state index is -2.17. The fourth-order valence-electron chi connectivity index (χ4n) is 1.37. The zero-order chi connectivity index (χ0) is 16.2. The molecule has 0 unspecified atom stereocenters. The molecule has 1 aromatic heterocycles. The summed E-state index contributed by atoms with van der Waals surface area (Å²) in [5.41, 5.74) is 0.242. The Kier molecular flexibility index (Phi) is 6.59. The van der Waals surface area contributed by atoms with Crippen LogP contribution in [0.1, 0.15) is 41.9 Å². The van der Waals surface area contributed by atoms with Crippen LogP contribution in [0.25, 0.3) is 0 Å². The molecule has 0 atom stereocenters. The Morgan fingerprint density at radius 2 is 2.00 bits per heavy atom. The van der Waals surface area contributed by atoms with Crippen molar-refractivity contribution in [1.82, 2.24) is 0 Å². The first kappa shape index (κ1) is 18.4. The second-order valence-electron chi connectivity index (χ2n) is 4.23. The first-order valence-electron chi connectivity index (χ1n) is 6.01. The Hall–Kier alpha value is -0.690. The summed E-state index contributed by atoms with van der Waals surface area (Å²) in [5.74, 6) is -0.354. The number of carbonyl (C=O) groups excluding carboxylic acids is 2. The van der Waals surface area contributed by atoms with E-state index >= 15 is 0 Å². The summed E-state index contributed by atoms with van der Waals surface area (Å²) >= 11 is 17.3. The third-order valence-corrected chi connectivity index (χ3v) is 3.82. The molecule has 1 N–H and O–H groups in total. The summed E-state index contributed by atoms with van der Waals surface area (Å²) in [6.45, 7) is 5.84. The predicted octanol–water partition coefficient (Wildman–Crippen LogP) is 4.92. The molecule has 0 spiro atoms. The van der Waals surface area contributed by atoms with Gasteiger partial charge in [-0.1, -0.05) is 13.8 Å². The minimum absolute atomic E-state index is 0.183. The maximum absolute atomic E-state index is 11.9. The summed E-state index contributed by atoms with van der Waals surface area (Å²) < 4.78 is 7.27. The van der Waals surface area contributed by atoms with Gasteiger partial charge in [-0.25, -0.2) is 9.59 Å². The first-order chi connectivity index (χ1) is 9.64. The van der Waals surface area contributed by atoms with Crippen molar-refractivity contribution in [1.29, 1.82) is 0 Å². The van der Waals surface area contributed by atoms with Gasteiger partial charge >= 0.3 is 16.0 Å². The van der Waals surface area contributed by atoms with Crippen molar-refractivity contribution < 1.29 is 19.1 Å². The number of amides is 1. The van der Waals surface area contributed by atoms with Crippen LogP contribution in [0, 0.1) is 0 Å². The number of nitrogens with one attached hydrogen (secondary N) is 1. The molecule has 0 aliphatic heterocycles. The monoisotopic (exact) mass is 373 g/mol. The third kappa shape index (κ3) is 5.90. The predicted molar refractivity (Wildman–Crippen MR) is 84.8 cm³/mol. The SMILES string of the molecule is CCOC(=O)c1cc(C(C)C)sc1NC(=O)OC(Cl)(Cl)Cl. The second-order valence-corrected chi connectivity index (χ2v) is 7.49. The van der Waals surface area contributed by atoms with E-state index in [-0.39, 0.29) is 23.1 Å². The molecule has 5 nitrogen and oxygen atoms in total. The molecule has 0 aliphatic carbocycles. The summed E-state index contributed by atoms with van der Waals surface area (Å²) in [4.78, 5) is 24.4. The van der Waals surface area contributed by atoms with Gasteiger partial charge in [0.2, 0.25) is 0 Å². The number of rotatable bonds is 4. The van der Waals surface area contributed by atoms with Crippen LogP contribution in [-0.2, 0) is 9.47 Å². The summed E-state index contributed by atoms with van der Waals surface area (Å²) in [7, 11) is 0. The molecule has 0 radical (unpaired) electrons. The molecule has 1 rings (SSSR count). The minimum Gasteiger partial charge on any atom is -0.462 e. The highest BCUT2D eigenvalue weighted by Gasteiger charge is 2.27. The number of anilines is 1. The number of thiophene rings is 1. The van der Waals surface area contributed by atoms with Crippen LogP contribution in [0.15, 0.2) is 6.07 Å². The lowest BCUT2D eigenvalue weighted by Crippen LogP contribution is -2.21. The quantitative estimate of drug-likeness (QED) is 0.600. The second kappa shape index (κ2) is 7.54. The molecule has 0 bridgehead atoms. The van der Waals surface area contributed by atoms with Crippen LogP contribution in [0.5, 0.6) is 0 Å². The van der Waals surface area contributed by atoms with Crippen molar-refractivity contribution in [3.63, 3.8) is 0 Å². The van der Waals surface area contributed by atoms with Crippen molar-refractivity contribution >= 4 is 63.2 Å². The molecule has 21 heavy (non-hydrogen) atoms. The maximum Gasteiger partial charge on any atom is 0.415 e. The number of alkyl halides is 3. The van der Waals surface area contributed by atoms with Crippen LogP contribution < -0.4 is 5.32 Å². The van der Waals surface area contributed by atoms with Gasteiger partial charge in [0.1, 0.15) is 5.00 Å². The molecule has 1 aromatic rings. The molecular weight excluding hydrogens is 361 g/mol. The normalized spacial score (nSPS) is 11.4. The summed E-state index contributed by atoms with van der Waals surface area (Å²) in [6, 6.07) is 1.66. The molecular formula is C12H14Cl3NO4S. The standard InChI is InChI=1S/C12H14Cl3NO4S/c1-4-19-10(17)7-5-8(6(2)3)21-9(7)16-11(18)20-12(13,14)15/h5-6H,4H2,1-3H3,(H,16,18). The lowest BCUT2D eigenvalue weighted by Gasteiger charge is -2.12. The lowest BCUT2D eigenvalue weighted by molar-refractivity contribution is 0.0528. The summed E-state index contributed by atoms with van der Waals surface area (Å²) in [5, 5.41) is 2.67. The van der Waals surface area contributed by atoms with Crippen LogP contribution in [0.4, 0.5) is 9.80 Å². The number of hydrogen-bond donors (Lipinski definition) is 1. The molecule has 1 amide bonds. The van der Waals surface area contributed by atoms with Gasteiger partial charge in [0.05, 0.1) is 12.2 Å². The maximum atomic E-state index is 11.9. The zero-order valence-corrected chi connectivity index (χ0v) is 14.6. The largest absolute Gasteiger partial charge is 0.462 e. The van der Waals surface area contributed by atoms with Crippen molar-refractivity contribution in [2.45, 2.75) is 30.7 Å². The van der Waals surface area contributed by atoms with Gasteiger partial charge in [-0.15, -0.1) is 11.3 Å². The van der Waals surface area contributed by atoms with Gasteiger partial charge in [-0.05, 0) is 53.7 Å². The lowest BCUT2D eigenvalue weighted by atomic mass is 10.1. The van der Waals surface area contributed by atoms with Crippen LogP contribution in [0.3, 0.4) is 0 Å². The van der Waals surface area contributed by atoms with Gasteiger partial charge in [0, 0.05) is 4.88 Å². The van der Waals surface area contributed by atoms with E-state index in [9.17, 15) is 9.59 Å². The molecule has 0 aromatic carbocycles. The molecule has 0 fully saturated rings. The van der Waals surface area contributed by atoms with Gasteiger partial charge < -0.3 is 9.47 Å². The van der Waals surface area contributed by atoms with Gasteiger partial charge in [0.15, 0.2) is 0 Å². The van der Waals surface area contributed by atoms with E-state index in [2.05, 4.69) is 10.1 Å². The summed E-state index contributed by atoms with van der Waals surface area (Å²) in [6.07, 6.45) is -0.974. The van der Waals surface area contributed by atoms with Crippen molar-refractivity contribution in [3.8, 4) is 0 Å². The van der Waals surface area contributed by atoms with Gasteiger partial charge in [-0.2, -0.15) is 0 Å². The molecule has 1 heterocycles. The van der Waals surface area contributed by atoms with Crippen LogP contribution in [0.2, 0.25) is 0 Å². The Labute approximate surface area is 141 Å². The van der Waals surface area contributed by atoms with E-state index in [4.69, 9.17) is 39.5 Å². The Morgan fingerprint density at radius 1 is 1.38 bits per heavy atom. The number of halogens is 3. The smallest absolute Gasteiger partial charge is 0.415 e. The average molecular weight is 375 g/mol. The van der Waals surface area contributed by atoms with E-state index in [1.54, 1.807) is 13.0 Å². The highest BCUT2D eigenvalue weighted by molar-refractivity contribution is 7.16. The van der Waals surface area contributed by atoms with Crippen molar-refractivity contribution in [2.75, 3.05) is 11.9 Å². The van der Waals surface area contributed by atoms with Crippen molar-refractivity contribution in [3.05, 3.63) is 16.5 Å². The highest BCUT2D eigenvalue weighted by atomic mass is 35.6. The number of hydrogen-bond acceptors (Lipinski definition) is 5. The van der Waals surface area contributed by atoms with E-state index < -0.39 is 16.0 Å². The zero-order valence-electron chi connectivity index (χ0n) is 11.5. The number of carbonyl (C=O) groups is 2. The Balaban J connectivity index is 2.98. The molecule has 0 aliphatic rings. The van der Waals surface area contributed by atoms with Gasteiger partial charge in [-0.3, -0.25) is 5.32 Å². The fourth-order valence-corrected chi connectivity index (χ4v) is 2.62. The van der Waals surface area contributed by atoms with Crippen LogP contribution >= 0.6 is 46.1 Å². The van der Waals surface area contributed by atoms with E-state index in [1.807, 2.05) is 13.8 Å². The number of ether oxygens (including phenoxy) is 2. The van der Waals surface area contributed by atoms with Crippen molar-refractivity contribution in [2.24, 2.45) is 0 Å². The van der Waals surface area contributed by atoms with Gasteiger partial charge in [0.25, 0.3) is 0 Å². The highest BCUT2D eigenvalue weighted by Crippen LogP contribution is 2.34. The van der Waals surface area contributed by atoms with E-state index in [0.29, 0.717) is 0 Å². The Bertz CT molecular complexity index is 525. The van der Waals surface area contributed by atoms with E-state index in [1.165, 1.54) is 11.3 Å². The fraction of sp³-hybridized carbons (Fsp3) is 0.500. The molecule has 118 valence electrons.